The molecule has 1 amide bonds. The molecule has 116 valence electrons. The third-order valence-electron chi connectivity index (χ3n) is 3.18. The Labute approximate surface area is 135 Å². The molecular formula is C17H18ClNO3. The third-order valence-corrected chi connectivity index (χ3v) is 3.43. The summed E-state index contributed by atoms with van der Waals surface area (Å²) < 4.78 is 10.7. The fourth-order valence-electron chi connectivity index (χ4n) is 2.00. The summed E-state index contributed by atoms with van der Waals surface area (Å²) in [5.41, 5.74) is 0.982. The molecule has 0 radical (unpaired) electrons. The van der Waals surface area contributed by atoms with Crippen molar-refractivity contribution in [3.8, 4) is 11.5 Å². The van der Waals surface area contributed by atoms with Gasteiger partial charge in [-0.3, -0.25) is 4.79 Å². The van der Waals surface area contributed by atoms with Crippen LogP contribution in [0.15, 0.2) is 48.5 Å². The molecule has 0 saturated carbocycles. The van der Waals surface area contributed by atoms with Crippen molar-refractivity contribution < 1.29 is 14.3 Å². The Morgan fingerprint density at radius 2 is 1.77 bits per heavy atom. The first kappa shape index (κ1) is 16.2. The van der Waals surface area contributed by atoms with Gasteiger partial charge in [0.15, 0.2) is 18.1 Å². The van der Waals surface area contributed by atoms with Crippen molar-refractivity contribution in [1.29, 1.82) is 0 Å². The molecule has 1 N–H and O–H groups in total. The van der Waals surface area contributed by atoms with Gasteiger partial charge in [-0.15, -0.1) is 0 Å². The van der Waals surface area contributed by atoms with Crippen molar-refractivity contribution in [3.63, 3.8) is 0 Å². The quantitative estimate of drug-likeness (QED) is 0.885. The topological polar surface area (TPSA) is 47.6 Å². The van der Waals surface area contributed by atoms with Crippen molar-refractivity contribution in [2.45, 2.75) is 13.0 Å². The third kappa shape index (κ3) is 4.40. The largest absolute Gasteiger partial charge is 0.493 e. The summed E-state index contributed by atoms with van der Waals surface area (Å²) >= 11 is 5.85. The molecule has 2 aromatic rings. The van der Waals surface area contributed by atoms with E-state index < -0.39 is 0 Å². The van der Waals surface area contributed by atoms with Gasteiger partial charge in [-0.1, -0.05) is 35.9 Å². The van der Waals surface area contributed by atoms with Crippen LogP contribution in [0.1, 0.15) is 18.5 Å². The molecule has 0 aliphatic heterocycles. The molecule has 0 heterocycles. The molecule has 5 heteroatoms. The maximum atomic E-state index is 12.0. The average molecular weight is 320 g/mol. The van der Waals surface area contributed by atoms with Gasteiger partial charge in [0, 0.05) is 5.02 Å². The van der Waals surface area contributed by atoms with E-state index in [1.54, 1.807) is 31.4 Å². The number of hydrogen-bond donors (Lipinski definition) is 1. The van der Waals surface area contributed by atoms with E-state index in [-0.39, 0.29) is 18.6 Å². The predicted octanol–water partition coefficient (Wildman–Crippen LogP) is 3.60. The van der Waals surface area contributed by atoms with Crippen molar-refractivity contribution in [3.05, 3.63) is 59.1 Å². The Kier molecular flexibility index (Phi) is 5.67. The number of amides is 1. The first-order chi connectivity index (χ1) is 10.6. The normalized spacial score (nSPS) is 11.6. The second kappa shape index (κ2) is 7.71. The molecule has 0 aliphatic carbocycles. The van der Waals surface area contributed by atoms with Crippen LogP contribution < -0.4 is 14.8 Å². The van der Waals surface area contributed by atoms with Gasteiger partial charge in [0.25, 0.3) is 5.91 Å². The SMILES string of the molecule is COc1ccccc1OCC(=O)NC(C)c1ccc(Cl)cc1. The molecule has 22 heavy (non-hydrogen) atoms. The minimum absolute atomic E-state index is 0.0711. The zero-order valence-electron chi connectivity index (χ0n) is 12.5. The van der Waals surface area contributed by atoms with Crippen LogP contribution in [-0.2, 0) is 4.79 Å². The van der Waals surface area contributed by atoms with E-state index in [1.807, 2.05) is 31.2 Å². The summed E-state index contributed by atoms with van der Waals surface area (Å²) in [5.74, 6) is 0.939. The van der Waals surface area contributed by atoms with Crippen LogP contribution in [-0.4, -0.2) is 19.6 Å². The smallest absolute Gasteiger partial charge is 0.258 e. The molecular weight excluding hydrogens is 302 g/mol. The van der Waals surface area contributed by atoms with Crippen LogP contribution in [0.25, 0.3) is 0 Å². The van der Waals surface area contributed by atoms with E-state index in [4.69, 9.17) is 21.1 Å². The average Bonchev–Trinajstić information content (AvgIpc) is 2.53. The summed E-state index contributed by atoms with van der Waals surface area (Å²) in [6, 6.07) is 14.4. The van der Waals surface area contributed by atoms with Gasteiger partial charge in [-0.05, 0) is 36.8 Å². The first-order valence-electron chi connectivity index (χ1n) is 6.91. The highest BCUT2D eigenvalue weighted by Crippen LogP contribution is 2.25. The molecule has 0 bridgehead atoms. The van der Waals surface area contributed by atoms with Gasteiger partial charge in [0.05, 0.1) is 13.2 Å². The Balaban J connectivity index is 1.88. The lowest BCUT2D eigenvalue weighted by atomic mass is 10.1. The van der Waals surface area contributed by atoms with Gasteiger partial charge in [0.1, 0.15) is 0 Å². The van der Waals surface area contributed by atoms with Gasteiger partial charge >= 0.3 is 0 Å². The number of methoxy groups -OCH3 is 1. The Hall–Kier alpha value is -2.20. The second-order valence-electron chi connectivity index (χ2n) is 4.78. The van der Waals surface area contributed by atoms with Crippen molar-refractivity contribution in [1.82, 2.24) is 5.32 Å². The summed E-state index contributed by atoms with van der Waals surface area (Å²) in [6.07, 6.45) is 0. The van der Waals surface area contributed by atoms with Gasteiger partial charge < -0.3 is 14.8 Å². The van der Waals surface area contributed by atoms with Crippen molar-refractivity contribution in [2.24, 2.45) is 0 Å². The number of rotatable bonds is 6. The number of nitrogens with one attached hydrogen (secondary N) is 1. The number of para-hydroxylation sites is 2. The van der Waals surface area contributed by atoms with Crippen LogP contribution in [0.5, 0.6) is 11.5 Å². The molecule has 1 atom stereocenters. The van der Waals surface area contributed by atoms with Crippen molar-refractivity contribution in [2.75, 3.05) is 13.7 Å². The number of ether oxygens (including phenoxy) is 2. The summed E-state index contributed by atoms with van der Waals surface area (Å²) in [7, 11) is 1.56. The fraction of sp³-hybridized carbons (Fsp3) is 0.235. The lowest BCUT2D eigenvalue weighted by Crippen LogP contribution is -2.31. The molecule has 0 aromatic heterocycles. The summed E-state index contributed by atoms with van der Waals surface area (Å²) in [5, 5.41) is 3.54. The maximum Gasteiger partial charge on any atom is 0.258 e. The van der Waals surface area contributed by atoms with Gasteiger partial charge in [-0.2, -0.15) is 0 Å². The Bertz CT molecular complexity index is 628. The number of hydrogen-bond acceptors (Lipinski definition) is 3. The van der Waals surface area contributed by atoms with E-state index in [0.717, 1.165) is 5.56 Å². The Morgan fingerprint density at radius 3 is 2.41 bits per heavy atom. The molecule has 0 aliphatic rings. The van der Waals surface area contributed by atoms with Crippen LogP contribution in [0.3, 0.4) is 0 Å². The molecule has 1 unspecified atom stereocenters. The highest BCUT2D eigenvalue weighted by atomic mass is 35.5. The predicted molar refractivity (Wildman–Crippen MR) is 86.5 cm³/mol. The summed E-state index contributed by atoms with van der Waals surface area (Å²) in [6.45, 7) is 1.84. The molecule has 2 aromatic carbocycles. The van der Waals surface area contributed by atoms with E-state index in [1.165, 1.54) is 0 Å². The monoisotopic (exact) mass is 319 g/mol. The standard InChI is InChI=1S/C17H18ClNO3/c1-12(13-7-9-14(18)10-8-13)19-17(20)11-22-16-6-4-3-5-15(16)21-2/h3-10,12H,11H2,1-2H3,(H,19,20). The fourth-order valence-corrected chi connectivity index (χ4v) is 2.13. The lowest BCUT2D eigenvalue weighted by Gasteiger charge is -2.15. The van der Waals surface area contributed by atoms with E-state index >= 15 is 0 Å². The highest BCUT2D eigenvalue weighted by molar-refractivity contribution is 6.30. The molecule has 0 saturated heterocycles. The minimum Gasteiger partial charge on any atom is -0.493 e. The van der Waals surface area contributed by atoms with E-state index in [2.05, 4.69) is 5.32 Å². The number of carbonyl (C=O) groups is 1. The van der Waals surface area contributed by atoms with Gasteiger partial charge in [-0.25, -0.2) is 0 Å². The van der Waals surface area contributed by atoms with Crippen molar-refractivity contribution >= 4 is 17.5 Å². The van der Waals surface area contributed by atoms with Crippen LogP contribution >= 0.6 is 11.6 Å². The number of benzene rings is 2. The first-order valence-corrected chi connectivity index (χ1v) is 7.28. The van der Waals surface area contributed by atoms with Crippen LogP contribution in [0.4, 0.5) is 0 Å². The minimum atomic E-state index is -0.201. The Morgan fingerprint density at radius 1 is 1.14 bits per heavy atom. The van der Waals surface area contributed by atoms with Crippen LogP contribution in [0.2, 0.25) is 5.02 Å². The summed E-state index contributed by atoms with van der Waals surface area (Å²) in [4.78, 5) is 12.0. The molecule has 4 nitrogen and oxygen atoms in total. The second-order valence-corrected chi connectivity index (χ2v) is 5.22. The van der Waals surface area contributed by atoms with Crippen LogP contribution in [0, 0.1) is 0 Å². The molecule has 2 rings (SSSR count). The maximum absolute atomic E-state index is 12.0. The highest BCUT2D eigenvalue weighted by Gasteiger charge is 2.11. The van der Waals surface area contributed by atoms with E-state index in [0.29, 0.717) is 16.5 Å². The van der Waals surface area contributed by atoms with E-state index in [9.17, 15) is 4.79 Å². The number of halogens is 1. The zero-order chi connectivity index (χ0) is 15.9. The molecule has 0 fully saturated rings. The lowest BCUT2D eigenvalue weighted by molar-refractivity contribution is -0.123. The number of carbonyl (C=O) groups excluding carboxylic acids is 1. The molecule has 0 spiro atoms. The zero-order valence-corrected chi connectivity index (χ0v) is 13.3. The van der Waals surface area contributed by atoms with Gasteiger partial charge in [0.2, 0.25) is 0 Å².